The number of halogens is 1. The Hall–Kier alpha value is -2.05. The Labute approximate surface area is 138 Å². The second-order valence-corrected chi connectivity index (χ2v) is 5.31. The Morgan fingerprint density at radius 3 is 2.43 bits per heavy atom. The number of benzene rings is 1. The lowest BCUT2D eigenvalue weighted by Gasteiger charge is -2.31. The van der Waals surface area contributed by atoms with Gasteiger partial charge in [-0.05, 0) is 36.4 Å². The van der Waals surface area contributed by atoms with Crippen LogP contribution in [0, 0.1) is 0 Å². The third-order valence-electron chi connectivity index (χ3n) is 2.95. The Bertz CT molecular complexity index is 583. The van der Waals surface area contributed by atoms with E-state index in [0.717, 1.165) is 0 Å². The lowest BCUT2D eigenvalue weighted by atomic mass is 10.1. The summed E-state index contributed by atoms with van der Waals surface area (Å²) in [6, 6.07) is 6.81. The van der Waals surface area contributed by atoms with E-state index >= 15 is 0 Å². The average Bonchev–Trinajstić information content (AvgIpc) is 2.49. The first-order valence-corrected chi connectivity index (χ1v) is 7.38. The molecule has 1 aromatic carbocycles. The summed E-state index contributed by atoms with van der Waals surface area (Å²) in [7, 11) is 0. The second-order valence-electron chi connectivity index (χ2n) is 4.88. The van der Waals surface area contributed by atoms with E-state index in [-0.39, 0.29) is 6.61 Å². The van der Waals surface area contributed by atoms with Gasteiger partial charge in [0.25, 0.3) is 0 Å². The minimum Gasteiger partial charge on any atom is -0.463 e. The molecular formula is C16H17ClO6. The van der Waals surface area contributed by atoms with E-state index in [1.807, 2.05) is 0 Å². The Morgan fingerprint density at radius 2 is 1.83 bits per heavy atom. The van der Waals surface area contributed by atoms with Gasteiger partial charge in [-0.3, -0.25) is 9.59 Å². The van der Waals surface area contributed by atoms with Crippen molar-refractivity contribution in [1.82, 2.24) is 0 Å². The first kappa shape index (κ1) is 17.3. The summed E-state index contributed by atoms with van der Waals surface area (Å²) < 4.78 is 21.4. The molecule has 0 bridgehead atoms. The maximum Gasteiger partial charge on any atom is 0.303 e. The Morgan fingerprint density at radius 1 is 1.13 bits per heavy atom. The molecule has 0 saturated carbocycles. The van der Waals surface area contributed by atoms with Crippen LogP contribution in [0.3, 0.4) is 0 Å². The van der Waals surface area contributed by atoms with Crippen molar-refractivity contribution in [3.05, 3.63) is 41.4 Å². The summed E-state index contributed by atoms with van der Waals surface area (Å²) in [6.07, 6.45) is 1.30. The first-order chi connectivity index (χ1) is 10.9. The predicted molar refractivity (Wildman–Crippen MR) is 82.1 cm³/mol. The number of esters is 2. The van der Waals surface area contributed by atoms with Gasteiger partial charge in [0.05, 0.1) is 0 Å². The molecule has 0 unspecified atom stereocenters. The van der Waals surface area contributed by atoms with Gasteiger partial charge < -0.3 is 18.9 Å². The molecule has 0 aliphatic carbocycles. The molecule has 6 nitrogen and oxygen atoms in total. The minimum atomic E-state index is -0.691. The summed E-state index contributed by atoms with van der Waals surface area (Å²) in [5.74, 6) is -0.325. The molecule has 1 heterocycles. The smallest absolute Gasteiger partial charge is 0.303 e. The molecule has 0 aromatic heterocycles. The quantitative estimate of drug-likeness (QED) is 0.606. The van der Waals surface area contributed by atoms with Gasteiger partial charge in [-0.1, -0.05) is 11.6 Å². The molecule has 2 rings (SSSR count). The highest BCUT2D eigenvalue weighted by Gasteiger charge is 2.31. The van der Waals surface area contributed by atoms with E-state index in [9.17, 15) is 9.59 Å². The highest BCUT2D eigenvalue weighted by molar-refractivity contribution is 6.30. The number of hydrogen-bond acceptors (Lipinski definition) is 6. The van der Waals surface area contributed by atoms with Crippen molar-refractivity contribution in [3.63, 3.8) is 0 Å². The standard InChI is InChI=1S/C16H17ClO6/c1-10(18)20-9-15-14(21-11(2)19)7-8-16(23-15)22-13-5-3-12(17)4-6-13/h3-8,14-16H,9H2,1-2H3/t14-,15+,16+/m0/s1. The Balaban J connectivity index is 2.03. The highest BCUT2D eigenvalue weighted by Crippen LogP contribution is 2.22. The second kappa shape index (κ2) is 7.99. The van der Waals surface area contributed by atoms with Gasteiger partial charge in [0, 0.05) is 18.9 Å². The SMILES string of the molecule is CC(=O)OC[C@H]1O[C@@H](Oc2ccc(Cl)cc2)C=C[C@@H]1OC(C)=O. The number of rotatable bonds is 5. The normalized spacial score (nSPS) is 23.2. The lowest BCUT2D eigenvalue weighted by Crippen LogP contribution is -2.42. The topological polar surface area (TPSA) is 71.1 Å². The molecule has 1 aliphatic rings. The van der Waals surface area contributed by atoms with Gasteiger partial charge in [-0.15, -0.1) is 0 Å². The lowest BCUT2D eigenvalue weighted by molar-refractivity contribution is -0.178. The predicted octanol–water partition coefficient (Wildman–Crippen LogP) is 2.49. The van der Waals surface area contributed by atoms with Crippen molar-refractivity contribution >= 4 is 23.5 Å². The van der Waals surface area contributed by atoms with Crippen LogP contribution in [0.2, 0.25) is 5.02 Å². The zero-order valence-corrected chi connectivity index (χ0v) is 13.5. The molecule has 23 heavy (non-hydrogen) atoms. The van der Waals surface area contributed by atoms with Crippen molar-refractivity contribution in [2.75, 3.05) is 6.61 Å². The Kier molecular flexibility index (Phi) is 6.01. The van der Waals surface area contributed by atoms with Gasteiger partial charge in [0.2, 0.25) is 6.29 Å². The average molecular weight is 341 g/mol. The van der Waals surface area contributed by atoms with Crippen LogP contribution in [0.25, 0.3) is 0 Å². The van der Waals surface area contributed by atoms with Crippen LogP contribution in [0.1, 0.15) is 13.8 Å². The molecular weight excluding hydrogens is 324 g/mol. The zero-order chi connectivity index (χ0) is 16.8. The maximum atomic E-state index is 11.1. The van der Waals surface area contributed by atoms with Gasteiger partial charge in [0.1, 0.15) is 24.6 Å². The fourth-order valence-electron chi connectivity index (χ4n) is 1.97. The summed E-state index contributed by atoms with van der Waals surface area (Å²) in [5, 5.41) is 0.597. The van der Waals surface area contributed by atoms with Crippen molar-refractivity contribution in [3.8, 4) is 5.75 Å². The summed E-state index contributed by atoms with van der Waals surface area (Å²) in [5.41, 5.74) is 0. The highest BCUT2D eigenvalue weighted by atomic mass is 35.5. The van der Waals surface area contributed by atoms with E-state index in [4.69, 9.17) is 30.5 Å². The van der Waals surface area contributed by atoms with E-state index in [0.29, 0.717) is 10.8 Å². The van der Waals surface area contributed by atoms with E-state index in [1.54, 1.807) is 36.4 Å². The molecule has 124 valence electrons. The molecule has 1 aromatic rings. The molecule has 7 heteroatoms. The zero-order valence-electron chi connectivity index (χ0n) is 12.7. The van der Waals surface area contributed by atoms with Gasteiger partial charge >= 0.3 is 11.9 Å². The molecule has 0 spiro atoms. The van der Waals surface area contributed by atoms with Crippen LogP contribution in [0.15, 0.2) is 36.4 Å². The van der Waals surface area contributed by atoms with Crippen molar-refractivity contribution in [2.45, 2.75) is 32.3 Å². The monoisotopic (exact) mass is 340 g/mol. The molecule has 1 aliphatic heterocycles. The van der Waals surface area contributed by atoms with Crippen LogP contribution >= 0.6 is 11.6 Å². The van der Waals surface area contributed by atoms with Crippen LogP contribution in [-0.2, 0) is 23.8 Å². The summed E-state index contributed by atoms with van der Waals surface area (Å²) in [4.78, 5) is 22.1. The van der Waals surface area contributed by atoms with E-state index < -0.39 is 30.4 Å². The fourth-order valence-corrected chi connectivity index (χ4v) is 2.10. The molecule has 3 atom stereocenters. The van der Waals surface area contributed by atoms with Gasteiger partial charge in [-0.25, -0.2) is 0 Å². The molecule has 0 radical (unpaired) electrons. The maximum absolute atomic E-state index is 11.1. The molecule has 0 N–H and O–H groups in total. The minimum absolute atomic E-state index is 0.0436. The number of ether oxygens (including phenoxy) is 4. The number of carbonyl (C=O) groups is 2. The third-order valence-corrected chi connectivity index (χ3v) is 3.20. The van der Waals surface area contributed by atoms with Crippen molar-refractivity contribution in [1.29, 1.82) is 0 Å². The van der Waals surface area contributed by atoms with Crippen molar-refractivity contribution < 1.29 is 28.5 Å². The van der Waals surface area contributed by atoms with Crippen LogP contribution in [0.5, 0.6) is 5.75 Å². The van der Waals surface area contributed by atoms with Crippen molar-refractivity contribution in [2.24, 2.45) is 0 Å². The summed E-state index contributed by atoms with van der Waals surface area (Å²) >= 11 is 5.82. The molecule has 0 saturated heterocycles. The van der Waals surface area contributed by atoms with E-state index in [2.05, 4.69) is 0 Å². The van der Waals surface area contributed by atoms with Crippen LogP contribution in [0.4, 0.5) is 0 Å². The van der Waals surface area contributed by atoms with Gasteiger partial charge in [0.15, 0.2) is 0 Å². The fraction of sp³-hybridized carbons (Fsp3) is 0.375. The van der Waals surface area contributed by atoms with Crippen LogP contribution < -0.4 is 4.74 Å². The van der Waals surface area contributed by atoms with Gasteiger partial charge in [-0.2, -0.15) is 0 Å². The molecule has 0 amide bonds. The number of hydrogen-bond donors (Lipinski definition) is 0. The third kappa shape index (κ3) is 5.58. The number of carbonyl (C=O) groups excluding carboxylic acids is 2. The first-order valence-electron chi connectivity index (χ1n) is 7.00. The van der Waals surface area contributed by atoms with E-state index in [1.165, 1.54) is 13.8 Å². The van der Waals surface area contributed by atoms with Crippen LogP contribution in [-0.4, -0.2) is 37.0 Å². The molecule has 0 fully saturated rings. The summed E-state index contributed by atoms with van der Waals surface area (Å²) in [6.45, 7) is 2.55. The largest absolute Gasteiger partial charge is 0.463 e.